The summed E-state index contributed by atoms with van der Waals surface area (Å²) in [4.78, 5) is 16.5. The number of aliphatic hydroxyl groups excluding tert-OH is 1. The van der Waals surface area contributed by atoms with Crippen LogP contribution in [0.3, 0.4) is 0 Å². The Morgan fingerprint density at radius 1 is 0.923 bits per heavy atom. The van der Waals surface area contributed by atoms with Crippen molar-refractivity contribution in [2.75, 3.05) is 6.61 Å². The van der Waals surface area contributed by atoms with Gasteiger partial charge in [-0.3, -0.25) is 9.78 Å². The number of hydrogen-bond acceptors (Lipinski definition) is 4. The van der Waals surface area contributed by atoms with Crippen LogP contribution in [-0.4, -0.2) is 28.8 Å². The molecule has 2 aromatic carbocycles. The zero-order valence-electron chi connectivity index (χ0n) is 25.2. The Labute approximate surface area is 235 Å². The van der Waals surface area contributed by atoms with Crippen molar-refractivity contribution >= 4 is 5.97 Å². The summed E-state index contributed by atoms with van der Waals surface area (Å²) in [7, 11) is 0. The Balaban J connectivity index is 1.87. The number of pyridine rings is 1. The van der Waals surface area contributed by atoms with Crippen LogP contribution in [0.2, 0.25) is 0 Å². The number of esters is 1. The monoisotopic (exact) mass is 529 g/mol. The summed E-state index contributed by atoms with van der Waals surface area (Å²) in [6.07, 6.45) is 5.36. The molecule has 4 nitrogen and oxygen atoms in total. The highest BCUT2D eigenvalue weighted by Crippen LogP contribution is 2.41. The lowest BCUT2D eigenvalue weighted by Gasteiger charge is -2.34. The van der Waals surface area contributed by atoms with Crippen molar-refractivity contribution in [1.29, 1.82) is 0 Å². The summed E-state index contributed by atoms with van der Waals surface area (Å²) >= 11 is 0. The molecule has 210 valence electrons. The van der Waals surface area contributed by atoms with Gasteiger partial charge in [0.2, 0.25) is 0 Å². The second-order valence-corrected chi connectivity index (χ2v) is 11.9. The molecule has 39 heavy (non-hydrogen) atoms. The molecule has 1 atom stereocenters. The van der Waals surface area contributed by atoms with Gasteiger partial charge in [-0.25, -0.2) is 0 Å². The van der Waals surface area contributed by atoms with Crippen LogP contribution >= 0.6 is 0 Å². The van der Waals surface area contributed by atoms with Crippen LogP contribution in [0.5, 0.6) is 0 Å². The number of benzene rings is 2. The van der Waals surface area contributed by atoms with E-state index in [2.05, 4.69) is 89.8 Å². The minimum absolute atomic E-state index is 0.0750. The number of ether oxygens (including phenoxy) is 1. The van der Waals surface area contributed by atoms with Crippen molar-refractivity contribution in [3.05, 3.63) is 88.1 Å². The summed E-state index contributed by atoms with van der Waals surface area (Å²) in [6.45, 7) is 17.4. The number of carbonyl (C=O) groups excluding carboxylic acids is 1. The van der Waals surface area contributed by atoms with E-state index in [1.165, 1.54) is 27.8 Å². The summed E-state index contributed by atoms with van der Waals surface area (Å²) < 4.78 is 5.05. The van der Waals surface area contributed by atoms with Gasteiger partial charge >= 0.3 is 5.97 Å². The van der Waals surface area contributed by atoms with E-state index < -0.39 is 0 Å². The van der Waals surface area contributed by atoms with Gasteiger partial charge in [0.05, 0.1) is 24.8 Å². The Morgan fingerprint density at radius 2 is 1.56 bits per heavy atom. The fourth-order valence-corrected chi connectivity index (χ4v) is 5.55. The van der Waals surface area contributed by atoms with E-state index >= 15 is 0 Å². The third-order valence-corrected chi connectivity index (χ3v) is 8.32. The SMILES string of the molecule is CCOC(=O)Cc1ccc(-c2ccc(C(CC)(CC)c3ccc(CCC(O)C(C)(C)C)c(C)c3)cc2C)nc1. The first kappa shape index (κ1) is 30.6. The van der Waals surface area contributed by atoms with Crippen molar-refractivity contribution in [2.45, 2.75) is 99.0 Å². The molecule has 0 aliphatic carbocycles. The quantitative estimate of drug-likeness (QED) is 0.256. The molecule has 1 aromatic heterocycles. The van der Waals surface area contributed by atoms with E-state index in [0.29, 0.717) is 6.61 Å². The molecule has 0 aliphatic heterocycles. The van der Waals surface area contributed by atoms with Crippen molar-refractivity contribution in [1.82, 2.24) is 4.98 Å². The van der Waals surface area contributed by atoms with Crippen molar-refractivity contribution < 1.29 is 14.6 Å². The third-order valence-electron chi connectivity index (χ3n) is 8.32. The third kappa shape index (κ3) is 7.16. The molecular formula is C35H47NO3. The molecule has 1 heterocycles. The minimum atomic E-state index is -0.313. The first-order valence-electron chi connectivity index (χ1n) is 14.4. The van der Waals surface area contributed by atoms with Crippen LogP contribution in [0.4, 0.5) is 0 Å². The topological polar surface area (TPSA) is 59.4 Å². The van der Waals surface area contributed by atoms with E-state index in [-0.39, 0.29) is 29.3 Å². The fourth-order valence-electron chi connectivity index (χ4n) is 5.55. The maximum atomic E-state index is 11.8. The first-order valence-corrected chi connectivity index (χ1v) is 14.4. The smallest absolute Gasteiger partial charge is 0.310 e. The number of nitrogens with zero attached hydrogens (tertiary/aromatic N) is 1. The van der Waals surface area contributed by atoms with Gasteiger partial charge in [-0.1, -0.05) is 77.1 Å². The van der Waals surface area contributed by atoms with Crippen LogP contribution in [0, 0.1) is 19.3 Å². The van der Waals surface area contributed by atoms with Crippen LogP contribution in [0.15, 0.2) is 54.7 Å². The molecule has 0 aliphatic rings. The van der Waals surface area contributed by atoms with Gasteiger partial charge in [-0.15, -0.1) is 0 Å². The second-order valence-electron chi connectivity index (χ2n) is 11.9. The Hall–Kier alpha value is -2.98. The average molecular weight is 530 g/mol. The molecule has 0 radical (unpaired) electrons. The molecule has 0 spiro atoms. The molecular weight excluding hydrogens is 482 g/mol. The maximum Gasteiger partial charge on any atom is 0.310 e. The van der Waals surface area contributed by atoms with E-state index in [9.17, 15) is 9.90 Å². The van der Waals surface area contributed by atoms with Gasteiger partial charge < -0.3 is 9.84 Å². The number of aliphatic hydroxyl groups is 1. The summed E-state index contributed by atoms with van der Waals surface area (Å²) in [5, 5.41) is 10.5. The largest absolute Gasteiger partial charge is 0.466 e. The van der Waals surface area contributed by atoms with Crippen molar-refractivity contribution in [3.63, 3.8) is 0 Å². The van der Waals surface area contributed by atoms with E-state index in [1.807, 2.05) is 19.1 Å². The predicted molar refractivity (Wildman–Crippen MR) is 161 cm³/mol. The molecule has 0 saturated carbocycles. The average Bonchev–Trinajstić information content (AvgIpc) is 2.89. The lowest BCUT2D eigenvalue weighted by Crippen LogP contribution is -2.27. The van der Waals surface area contributed by atoms with Crippen LogP contribution in [0.1, 0.15) is 94.2 Å². The highest BCUT2D eigenvalue weighted by Gasteiger charge is 2.31. The lowest BCUT2D eigenvalue weighted by atomic mass is 9.69. The standard InChI is InChI=1S/C35H47NO3/c1-9-35(10-2,28-15-13-27(24(4)20-28)14-19-32(37)34(6,7)8)29-16-17-30(25(5)21-29)31-18-12-26(23-36-31)22-33(38)39-11-3/h12-13,15-18,20-21,23,32,37H,9-11,14,19,22H2,1-8H3. The van der Waals surface area contributed by atoms with Gasteiger partial charge in [-0.05, 0) is 91.3 Å². The second kappa shape index (κ2) is 12.9. The van der Waals surface area contributed by atoms with Gasteiger partial charge in [0.15, 0.2) is 0 Å². The first-order chi connectivity index (χ1) is 18.4. The van der Waals surface area contributed by atoms with Crippen molar-refractivity contribution in [2.24, 2.45) is 5.41 Å². The lowest BCUT2D eigenvalue weighted by molar-refractivity contribution is -0.142. The van der Waals surface area contributed by atoms with Crippen LogP contribution in [0.25, 0.3) is 11.3 Å². The summed E-state index contributed by atoms with van der Waals surface area (Å²) in [5.41, 5.74) is 9.15. The molecule has 0 bridgehead atoms. The van der Waals surface area contributed by atoms with Gasteiger partial charge in [0.25, 0.3) is 0 Å². The highest BCUT2D eigenvalue weighted by atomic mass is 16.5. The van der Waals surface area contributed by atoms with Crippen LogP contribution < -0.4 is 0 Å². The zero-order chi connectivity index (χ0) is 28.8. The zero-order valence-corrected chi connectivity index (χ0v) is 25.2. The number of aromatic nitrogens is 1. The van der Waals surface area contributed by atoms with E-state index in [4.69, 9.17) is 4.74 Å². The number of aryl methyl sites for hydroxylation is 3. The maximum absolute atomic E-state index is 11.8. The predicted octanol–water partition coefficient (Wildman–Crippen LogP) is 7.92. The van der Waals surface area contributed by atoms with Gasteiger partial charge in [0, 0.05) is 17.2 Å². The molecule has 0 amide bonds. The molecule has 3 aromatic rings. The molecule has 3 rings (SSSR count). The van der Waals surface area contributed by atoms with E-state index in [0.717, 1.165) is 42.5 Å². The van der Waals surface area contributed by atoms with Crippen LogP contribution in [-0.2, 0) is 27.8 Å². The molecule has 1 unspecified atom stereocenters. The van der Waals surface area contributed by atoms with Gasteiger partial charge in [-0.2, -0.15) is 0 Å². The molecule has 1 N–H and O–H groups in total. The van der Waals surface area contributed by atoms with Gasteiger partial charge in [0.1, 0.15) is 0 Å². The fraction of sp³-hybridized carbons (Fsp3) is 0.486. The number of carbonyl (C=O) groups is 1. The minimum Gasteiger partial charge on any atom is -0.466 e. The number of hydrogen-bond donors (Lipinski definition) is 1. The van der Waals surface area contributed by atoms with Crippen molar-refractivity contribution in [3.8, 4) is 11.3 Å². The Kier molecular flexibility index (Phi) is 10.1. The Bertz CT molecular complexity index is 1250. The van der Waals surface area contributed by atoms with E-state index in [1.54, 1.807) is 6.20 Å². The number of rotatable bonds is 11. The molecule has 0 fully saturated rings. The summed E-state index contributed by atoms with van der Waals surface area (Å²) in [6, 6.07) is 17.6. The molecule has 0 saturated heterocycles. The summed E-state index contributed by atoms with van der Waals surface area (Å²) in [5.74, 6) is -0.228. The highest BCUT2D eigenvalue weighted by molar-refractivity contribution is 5.73. The molecule has 4 heteroatoms. The Morgan fingerprint density at radius 3 is 2.08 bits per heavy atom. The normalized spacial score (nSPS) is 12.8.